The van der Waals surface area contributed by atoms with Crippen molar-refractivity contribution < 1.29 is 19.2 Å². The molecule has 0 amide bonds. The first-order chi connectivity index (χ1) is 13.1. The van der Waals surface area contributed by atoms with E-state index in [1.54, 1.807) is 0 Å². The van der Waals surface area contributed by atoms with Gasteiger partial charge in [-0.25, -0.2) is 4.79 Å². The number of nitrogens with zero attached hydrogens (tertiary/aromatic N) is 1. The van der Waals surface area contributed by atoms with Crippen molar-refractivity contribution in [3.05, 3.63) is 34.4 Å². The third-order valence-electron chi connectivity index (χ3n) is 4.50. The lowest BCUT2D eigenvalue weighted by Gasteiger charge is -2.16. The molecule has 0 fully saturated rings. The molecule has 0 saturated carbocycles. The molecule has 0 aliphatic carbocycles. The summed E-state index contributed by atoms with van der Waals surface area (Å²) in [5, 5.41) is 10.6. The molecule has 1 aromatic carbocycles. The van der Waals surface area contributed by atoms with E-state index in [-0.39, 0.29) is 17.5 Å². The van der Waals surface area contributed by atoms with Gasteiger partial charge in [-0.15, -0.1) is 0 Å². The molecule has 152 valence electrons. The van der Waals surface area contributed by atoms with E-state index in [1.165, 1.54) is 62.8 Å². The van der Waals surface area contributed by atoms with Crippen molar-refractivity contribution in [3.8, 4) is 5.75 Å². The zero-order valence-corrected chi connectivity index (χ0v) is 16.7. The Hall–Kier alpha value is -2.11. The molecule has 27 heavy (non-hydrogen) atoms. The Balaban J connectivity index is 2.29. The van der Waals surface area contributed by atoms with Crippen LogP contribution < -0.4 is 4.74 Å². The van der Waals surface area contributed by atoms with Crippen LogP contribution in [0, 0.1) is 10.1 Å². The Morgan fingerprint density at radius 3 is 2.07 bits per heavy atom. The lowest BCUT2D eigenvalue weighted by molar-refractivity contribution is -0.384. The van der Waals surface area contributed by atoms with Crippen molar-refractivity contribution >= 4 is 11.8 Å². The third-order valence-corrected chi connectivity index (χ3v) is 4.50. The summed E-state index contributed by atoms with van der Waals surface area (Å²) in [6.45, 7) is 4.28. The first-order valence-electron chi connectivity index (χ1n) is 10.2. The van der Waals surface area contributed by atoms with E-state index in [9.17, 15) is 14.9 Å². The van der Waals surface area contributed by atoms with Gasteiger partial charge >= 0.3 is 6.16 Å². The van der Waals surface area contributed by atoms with Gasteiger partial charge in [0.1, 0.15) is 11.9 Å². The predicted octanol–water partition coefficient (Wildman–Crippen LogP) is 6.81. The first-order valence-corrected chi connectivity index (χ1v) is 10.2. The van der Waals surface area contributed by atoms with Gasteiger partial charge < -0.3 is 9.47 Å². The number of unbranched alkanes of at least 4 members (excludes halogenated alkanes) is 7. The Morgan fingerprint density at radius 1 is 0.926 bits per heavy atom. The lowest BCUT2D eigenvalue weighted by atomic mass is 10.0. The van der Waals surface area contributed by atoms with E-state index >= 15 is 0 Å². The molecule has 0 heterocycles. The molecule has 0 spiro atoms. The fourth-order valence-corrected chi connectivity index (χ4v) is 2.98. The van der Waals surface area contributed by atoms with Crippen molar-refractivity contribution in [2.45, 2.75) is 90.6 Å². The fourth-order valence-electron chi connectivity index (χ4n) is 2.98. The summed E-state index contributed by atoms with van der Waals surface area (Å²) < 4.78 is 10.6. The van der Waals surface area contributed by atoms with Gasteiger partial charge in [-0.2, -0.15) is 0 Å². The first kappa shape index (κ1) is 22.9. The van der Waals surface area contributed by atoms with Crippen LogP contribution in [0.5, 0.6) is 5.75 Å². The van der Waals surface area contributed by atoms with Crippen LogP contribution in [0.2, 0.25) is 0 Å². The SMILES string of the molecule is CCCCCCCCCCC(CCC)OC(=O)Oc1ccc([N+](=O)[O-])cc1. The number of rotatable bonds is 14. The smallest absolute Gasteiger partial charge is 0.431 e. The highest BCUT2D eigenvalue weighted by Gasteiger charge is 2.16. The minimum Gasteiger partial charge on any atom is -0.431 e. The van der Waals surface area contributed by atoms with Crippen molar-refractivity contribution in [1.82, 2.24) is 0 Å². The number of carbonyl (C=O) groups excluding carboxylic acids is 1. The summed E-state index contributed by atoms with van der Waals surface area (Å²) in [4.78, 5) is 22.1. The van der Waals surface area contributed by atoms with Crippen LogP contribution in [0.15, 0.2) is 24.3 Å². The van der Waals surface area contributed by atoms with Gasteiger partial charge in [0.15, 0.2) is 0 Å². The molecule has 0 bridgehead atoms. The van der Waals surface area contributed by atoms with E-state index < -0.39 is 11.1 Å². The molecule has 6 heteroatoms. The summed E-state index contributed by atoms with van der Waals surface area (Å²) in [6.07, 6.45) is 11.7. The normalized spacial score (nSPS) is 11.8. The number of benzene rings is 1. The quantitative estimate of drug-likeness (QED) is 0.117. The third kappa shape index (κ3) is 10.6. The van der Waals surface area contributed by atoms with Crippen molar-refractivity contribution in [1.29, 1.82) is 0 Å². The minimum atomic E-state index is -0.748. The highest BCUT2D eigenvalue weighted by molar-refractivity contribution is 5.64. The highest BCUT2D eigenvalue weighted by atomic mass is 16.7. The maximum atomic E-state index is 12.0. The van der Waals surface area contributed by atoms with Crippen LogP contribution in [0.25, 0.3) is 0 Å². The van der Waals surface area contributed by atoms with Crippen LogP contribution in [0.1, 0.15) is 84.5 Å². The summed E-state index contributed by atoms with van der Waals surface area (Å²) in [6, 6.07) is 5.39. The summed E-state index contributed by atoms with van der Waals surface area (Å²) in [5.74, 6) is 0.243. The molecular formula is C21H33NO5. The number of nitro benzene ring substituents is 1. The molecule has 0 aliphatic rings. The monoisotopic (exact) mass is 379 g/mol. The largest absolute Gasteiger partial charge is 0.514 e. The van der Waals surface area contributed by atoms with Gasteiger partial charge in [0.25, 0.3) is 5.69 Å². The van der Waals surface area contributed by atoms with Crippen LogP contribution in [-0.4, -0.2) is 17.2 Å². The molecule has 0 aromatic heterocycles. The summed E-state index contributed by atoms with van der Waals surface area (Å²) in [5.41, 5.74) is -0.0470. The second-order valence-corrected chi connectivity index (χ2v) is 6.90. The fraction of sp³-hybridized carbons (Fsp3) is 0.667. The van der Waals surface area contributed by atoms with Crippen LogP contribution >= 0.6 is 0 Å². The van der Waals surface area contributed by atoms with E-state index in [2.05, 4.69) is 13.8 Å². The summed E-state index contributed by atoms with van der Waals surface area (Å²) in [7, 11) is 0. The number of ether oxygens (including phenoxy) is 2. The molecule has 0 saturated heterocycles. The Labute approximate surface area is 162 Å². The molecule has 0 N–H and O–H groups in total. The van der Waals surface area contributed by atoms with Crippen molar-refractivity contribution in [2.75, 3.05) is 0 Å². The van der Waals surface area contributed by atoms with E-state index in [0.717, 1.165) is 32.1 Å². The van der Waals surface area contributed by atoms with Gasteiger partial charge in [0.2, 0.25) is 0 Å². The summed E-state index contributed by atoms with van der Waals surface area (Å²) >= 11 is 0. The Bertz CT molecular complexity index is 544. The predicted molar refractivity (Wildman–Crippen MR) is 106 cm³/mol. The van der Waals surface area contributed by atoms with Gasteiger partial charge in [0.05, 0.1) is 4.92 Å². The zero-order valence-electron chi connectivity index (χ0n) is 16.7. The van der Waals surface area contributed by atoms with E-state index in [4.69, 9.17) is 9.47 Å². The second kappa shape index (κ2) is 14.0. The molecule has 1 rings (SSSR count). The average Bonchev–Trinajstić information content (AvgIpc) is 2.64. The minimum absolute atomic E-state index is 0.0470. The number of nitro groups is 1. The standard InChI is InChI=1S/C21H33NO5/c1-3-5-6-7-8-9-10-11-13-19(12-4-2)26-21(23)27-20-16-14-18(15-17-20)22(24)25/h14-17,19H,3-13H2,1-2H3. The highest BCUT2D eigenvalue weighted by Crippen LogP contribution is 2.19. The van der Waals surface area contributed by atoms with Gasteiger partial charge in [-0.1, -0.05) is 65.2 Å². The maximum Gasteiger partial charge on any atom is 0.514 e. The molecule has 6 nitrogen and oxygen atoms in total. The molecule has 0 radical (unpaired) electrons. The zero-order chi connectivity index (χ0) is 19.9. The average molecular weight is 379 g/mol. The second-order valence-electron chi connectivity index (χ2n) is 6.90. The lowest BCUT2D eigenvalue weighted by Crippen LogP contribution is -2.21. The van der Waals surface area contributed by atoms with Crippen molar-refractivity contribution in [2.24, 2.45) is 0 Å². The van der Waals surface area contributed by atoms with E-state index in [1.807, 2.05) is 0 Å². The molecule has 1 atom stereocenters. The topological polar surface area (TPSA) is 78.7 Å². The Kier molecular flexibility index (Phi) is 11.9. The van der Waals surface area contributed by atoms with Crippen LogP contribution in [0.4, 0.5) is 10.5 Å². The number of hydrogen-bond acceptors (Lipinski definition) is 5. The van der Waals surface area contributed by atoms with Gasteiger partial charge in [0, 0.05) is 12.1 Å². The number of carbonyl (C=O) groups is 1. The molecule has 0 aliphatic heterocycles. The van der Waals surface area contributed by atoms with Gasteiger partial charge in [-0.05, 0) is 31.4 Å². The molecular weight excluding hydrogens is 346 g/mol. The maximum absolute atomic E-state index is 12.0. The van der Waals surface area contributed by atoms with E-state index in [0.29, 0.717) is 0 Å². The molecule has 1 unspecified atom stereocenters. The van der Waals surface area contributed by atoms with Gasteiger partial charge in [-0.3, -0.25) is 10.1 Å². The van der Waals surface area contributed by atoms with Crippen LogP contribution in [-0.2, 0) is 4.74 Å². The van der Waals surface area contributed by atoms with Crippen molar-refractivity contribution in [3.63, 3.8) is 0 Å². The number of hydrogen-bond donors (Lipinski definition) is 0. The van der Waals surface area contributed by atoms with Crippen LogP contribution in [0.3, 0.4) is 0 Å². The Morgan fingerprint density at radius 2 is 1.52 bits per heavy atom. The molecule has 1 aromatic rings. The number of non-ortho nitro benzene ring substituents is 1.